The molecule has 0 N–H and O–H groups in total. The van der Waals surface area contributed by atoms with Gasteiger partial charge in [-0.15, -0.1) is 0 Å². The van der Waals surface area contributed by atoms with Crippen LogP contribution in [0.3, 0.4) is 0 Å². The minimum atomic E-state index is 0.814. The molecule has 0 aliphatic carbocycles. The number of anilines is 6. The lowest BCUT2D eigenvalue weighted by Gasteiger charge is -2.31. The molecule has 0 aliphatic rings. The van der Waals surface area contributed by atoms with Gasteiger partial charge in [0, 0.05) is 33.3 Å². The first-order valence-electron chi connectivity index (χ1n) is 18.7. The Morgan fingerprint density at radius 2 is 0.745 bits per heavy atom. The van der Waals surface area contributed by atoms with Crippen molar-refractivity contribution in [3.8, 4) is 22.3 Å². The lowest BCUT2D eigenvalue weighted by atomic mass is 9.99. The molecule has 0 fully saturated rings. The Morgan fingerprint density at radius 1 is 0.291 bits per heavy atom. The van der Waals surface area contributed by atoms with Crippen molar-refractivity contribution in [2.24, 2.45) is 0 Å². The van der Waals surface area contributed by atoms with Crippen molar-refractivity contribution in [3.63, 3.8) is 0 Å². The predicted molar refractivity (Wildman–Crippen MR) is 231 cm³/mol. The summed E-state index contributed by atoms with van der Waals surface area (Å²) in [5, 5.41) is 4.33. The molecule has 3 nitrogen and oxygen atoms in total. The maximum atomic E-state index is 7.28. The van der Waals surface area contributed by atoms with Crippen LogP contribution in [-0.4, -0.2) is 0 Å². The third-order valence-electron chi connectivity index (χ3n) is 10.4. The summed E-state index contributed by atoms with van der Waals surface area (Å²) in [6.07, 6.45) is 0. The summed E-state index contributed by atoms with van der Waals surface area (Å²) in [6, 6.07) is 77.3. The van der Waals surface area contributed by atoms with Gasteiger partial charge in [-0.25, -0.2) is 0 Å². The van der Waals surface area contributed by atoms with Gasteiger partial charge in [-0.3, -0.25) is 0 Å². The van der Waals surface area contributed by atoms with E-state index in [9.17, 15) is 0 Å². The fourth-order valence-electron chi connectivity index (χ4n) is 7.97. The molecule has 0 atom stereocenters. The normalized spacial score (nSPS) is 11.3. The molecule has 0 unspecified atom stereocenters. The minimum Gasteiger partial charge on any atom is -0.453 e. The molecule has 0 bridgehead atoms. The van der Waals surface area contributed by atoms with E-state index >= 15 is 0 Å². The first-order valence-corrected chi connectivity index (χ1v) is 18.7. The van der Waals surface area contributed by atoms with Crippen molar-refractivity contribution in [3.05, 3.63) is 218 Å². The fourth-order valence-corrected chi connectivity index (χ4v) is 7.97. The predicted octanol–water partition coefficient (Wildman–Crippen LogP) is 15.0. The van der Waals surface area contributed by atoms with Gasteiger partial charge in [-0.2, -0.15) is 0 Å². The van der Waals surface area contributed by atoms with Crippen LogP contribution in [0.4, 0.5) is 34.1 Å². The van der Waals surface area contributed by atoms with E-state index in [2.05, 4.69) is 228 Å². The monoisotopic (exact) mass is 704 g/mol. The number of nitrogens with zero attached hydrogens (tertiary/aromatic N) is 2. The number of fused-ring (bicyclic) bond motifs is 5. The highest BCUT2D eigenvalue weighted by molar-refractivity contribution is 6.22. The fraction of sp³-hybridized carbons (Fsp3) is 0. The maximum Gasteiger partial charge on any atom is 0.161 e. The van der Waals surface area contributed by atoms with Crippen LogP contribution in [0.2, 0.25) is 0 Å². The lowest BCUT2D eigenvalue weighted by Crippen LogP contribution is -2.14. The SMILES string of the molecule is c1ccc(-c2ccccc2N(c2ccccc2)c2ccc(N(c3ccccc3)c3ccccc3-c3ccccc3)c3c2oc2c4ccccc4ccc23)cc1. The van der Waals surface area contributed by atoms with Crippen LogP contribution in [0, 0.1) is 0 Å². The Morgan fingerprint density at radius 3 is 1.33 bits per heavy atom. The van der Waals surface area contributed by atoms with Crippen LogP contribution in [-0.2, 0) is 0 Å². The summed E-state index contributed by atoms with van der Waals surface area (Å²) < 4.78 is 7.28. The van der Waals surface area contributed by atoms with Gasteiger partial charge in [0.1, 0.15) is 5.58 Å². The van der Waals surface area contributed by atoms with E-state index in [4.69, 9.17) is 4.42 Å². The van der Waals surface area contributed by atoms with Crippen LogP contribution in [0.15, 0.2) is 223 Å². The van der Waals surface area contributed by atoms with Crippen LogP contribution >= 0.6 is 0 Å². The standard InChI is InChI=1S/C52H36N2O/c1-5-19-37(20-6-1)42-28-15-17-31-46(42)53(40-24-9-3-10-25-40)48-35-36-49(52-50(48)45-34-33-39-23-13-14-30-44(39)51(45)55-52)54(41-26-11-4-12-27-41)47-32-18-16-29-43(47)38-21-7-2-8-22-38/h1-36H. The summed E-state index contributed by atoms with van der Waals surface area (Å²) in [5.41, 5.74) is 12.5. The topological polar surface area (TPSA) is 19.6 Å². The summed E-state index contributed by atoms with van der Waals surface area (Å²) in [7, 11) is 0. The summed E-state index contributed by atoms with van der Waals surface area (Å²) in [6.45, 7) is 0. The highest BCUT2D eigenvalue weighted by atomic mass is 16.3. The van der Waals surface area contributed by atoms with Gasteiger partial charge in [0.05, 0.1) is 28.1 Å². The molecule has 10 aromatic rings. The van der Waals surface area contributed by atoms with Gasteiger partial charge < -0.3 is 14.2 Å². The summed E-state index contributed by atoms with van der Waals surface area (Å²) >= 11 is 0. The van der Waals surface area contributed by atoms with Gasteiger partial charge in [0.15, 0.2) is 5.58 Å². The molecular formula is C52H36N2O. The molecule has 0 saturated heterocycles. The van der Waals surface area contributed by atoms with E-state index in [1.165, 1.54) is 0 Å². The summed E-state index contributed by atoms with van der Waals surface area (Å²) in [4.78, 5) is 4.74. The Hall–Kier alpha value is -7.36. The zero-order valence-electron chi connectivity index (χ0n) is 30.1. The number of rotatable bonds is 8. The van der Waals surface area contributed by atoms with Crippen molar-refractivity contribution < 1.29 is 4.42 Å². The molecule has 1 heterocycles. The average Bonchev–Trinajstić information content (AvgIpc) is 3.67. The highest BCUT2D eigenvalue weighted by Gasteiger charge is 2.27. The molecule has 3 heteroatoms. The lowest BCUT2D eigenvalue weighted by molar-refractivity contribution is 0.673. The maximum absolute atomic E-state index is 7.28. The highest BCUT2D eigenvalue weighted by Crippen LogP contribution is 2.51. The zero-order valence-corrected chi connectivity index (χ0v) is 30.1. The Balaban J connectivity index is 1.32. The molecule has 10 rings (SSSR count). The van der Waals surface area contributed by atoms with Crippen molar-refractivity contribution >= 4 is 66.8 Å². The molecule has 0 aliphatic heterocycles. The Bertz CT molecular complexity index is 2920. The third kappa shape index (κ3) is 5.70. The first-order chi connectivity index (χ1) is 27.3. The van der Waals surface area contributed by atoms with Gasteiger partial charge in [0.25, 0.3) is 0 Å². The van der Waals surface area contributed by atoms with Gasteiger partial charge in [-0.1, -0.05) is 164 Å². The number of benzene rings is 9. The van der Waals surface area contributed by atoms with Crippen molar-refractivity contribution in [1.29, 1.82) is 0 Å². The van der Waals surface area contributed by atoms with E-state index in [0.29, 0.717) is 0 Å². The van der Waals surface area contributed by atoms with E-state index < -0.39 is 0 Å². The molecule has 0 saturated carbocycles. The summed E-state index contributed by atoms with van der Waals surface area (Å²) in [5.74, 6) is 0. The van der Waals surface area contributed by atoms with Gasteiger partial charge in [0.2, 0.25) is 0 Å². The molecule has 9 aromatic carbocycles. The molecule has 1 aromatic heterocycles. The zero-order chi connectivity index (χ0) is 36.6. The van der Waals surface area contributed by atoms with E-state index in [-0.39, 0.29) is 0 Å². The van der Waals surface area contributed by atoms with Gasteiger partial charge in [-0.05, 0) is 71.1 Å². The van der Waals surface area contributed by atoms with E-state index in [1.54, 1.807) is 0 Å². The number of para-hydroxylation sites is 4. The van der Waals surface area contributed by atoms with Crippen molar-refractivity contribution in [2.75, 3.05) is 9.80 Å². The largest absolute Gasteiger partial charge is 0.453 e. The average molecular weight is 705 g/mol. The van der Waals surface area contributed by atoms with Crippen LogP contribution in [0.1, 0.15) is 0 Å². The molecule has 260 valence electrons. The van der Waals surface area contributed by atoms with E-state index in [1.807, 2.05) is 0 Å². The molecule has 55 heavy (non-hydrogen) atoms. The molecule has 0 amide bonds. The minimum absolute atomic E-state index is 0.814. The second-order valence-corrected chi connectivity index (χ2v) is 13.7. The second kappa shape index (κ2) is 13.9. The first kappa shape index (κ1) is 32.3. The second-order valence-electron chi connectivity index (χ2n) is 13.7. The molecule has 0 spiro atoms. The Kier molecular flexibility index (Phi) is 8.16. The number of furan rings is 1. The van der Waals surface area contributed by atoms with Crippen LogP contribution in [0.5, 0.6) is 0 Å². The van der Waals surface area contributed by atoms with Crippen LogP contribution < -0.4 is 9.80 Å². The third-order valence-corrected chi connectivity index (χ3v) is 10.4. The van der Waals surface area contributed by atoms with Crippen molar-refractivity contribution in [1.82, 2.24) is 0 Å². The van der Waals surface area contributed by atoms with Crippen molar-refractivity contribution in [2.45, 2.75) is 0 Å². The Labute approximate surface area is 320 Å². The molecule has 0 radical (unpaired) electrons. The van der Waals surface area contributed by atoms with Crippen LogP contribution in [0.25, 0.3) is 55.0 Å². The van der Waals surface area contributed by atoms with Gasteiger partial charge >= 0.3 is 0 Å². The smallest absolute Gasteiger partial charge is 0.161 e. The number of hydrogen-bond acceptors (Lipinski definition) is 3. The molecular weight excluding hydrogens is 669 g/mol. The number of hydrogen-bond donors (Lipinski definition) is 0. The quantitative estimate of drug-likeness (QED) is 0.157. The van der Waals surface area contributed by atoms with E-state index in [0.717, 1.165) is 89.1 Å².